The standard InChI is InChI=1S/C27H28N2O2S/c1-27(2,3)23-17-15-20(16-18-23)19-32(30,31)26-28-24(21-11-7-5-8-12-21)25(29(26)4)22-13-9-6-10-14-22/h5-18H,19H2,1-4H3. The number of hydrogen-bond donors (Lipinski definition) is 0. The molecule has 4 aromatic rings. The van der Waals surface area contributed by atoms with E-state index in [4.69, 9.17) is 0 Å². The van der Waals surface area contributed by atoms with Crippen LogP contribution in [0.1, 0.15) is 31.9 Å². The van der Waals surface area contributed by atoms with Gasteiger partial charge in [0.2, 0.25) is 15.0 Å². The number of hydrogen-bond acceptors (Lipinski definition) is 3. The molecule has 0 fully saturated rings. The normalized spacial score (nSPS) is 12.1. The Bertz CT molecular complexity index is 1320. The van der Waals surface area contributed by atoms with Gasteiger partial charge in [0.1, 0.15) is 0 Å². The lowest BCUT2D eigenvalue weighted by Gasteiger charge is -2.19. The fraction of sp³-hybridized carbons (Fsp3) is 0.222. The molecular weight excluding hydrogens is 416 g/mol. The summed E-state index contributed by atoms with van der Waals surface area (Å²) < 4.78 is 28.6. The highest BCUT2D eigenvalue weighted by molar-refractivity contribution is 7.90. The average molecular weight is 445 g/mol. The summed E-state index contributed by atoms with van der Waals surface area (Å²) in [5.41, 5.74) is 5.22. The molecule has 0 bridgehead atoms. The van der Waals surface area contributed by atoms with Gasteiger partial charge in [-0.3, -0.25) is 0 Å². The molecule has 4 rings (SSSR count). The van der Waals surface area contributed by atoms with Gasteiger partial charge in [0.15, 0.2) is 0 Å². The molecule has 164 valence electrons. The Balaban J connectivity index is 1.79. The minimum atomic E-state index is -3.66. The van der Waals surface area contributed by atoms with Gasteiger partial charge < -0.3 is 4.57 Å². The second-order valence-corrected chi connectivity index (χ2v) is 11.0. The fourth-order valence-electron chi connectivity index (χ4n) is 3.86. The van der Waals surface area contributed by atoms with Gasteiger partial charge in [-0.2, -0.15) is 0 Å². The Kier molecular flexibility index (Phi) is 5.78. The van der Waals surface area contributed by atoms with Crippen LogP contribution in [-0.4, -0.2) is 18.0 Å². The summed E-state index contributed by atoms with van der Waals surface area (Å²) in [6.07, 6.45) is 0. The van der Waals surface area contributed by atoms with Gasteiger partial charge in [0.05, 0.1) is 17.1 Å². The zero-order valence-electron chi connectivity index (χ0n) is 18.9. The molecule has 0 aliphatic rings. The van der Waals surface area contributed by atoms with Crippen LogP contribution in [0.15, 0.2) is 90.1 Å². The Morgan fingerprint density at radius 1 is 0.781 bits per heavy atom. The molecule has 4 nitrogen and oxygen atoms in total. The van der Waals surface area contributed by atoms with E-state index < -0.39 is 9.84 Å². The predicted molar refractivity (Wildman–Crippen MR) is 130 cm³/mol. The Morgan fingerprint density at radius 3 is 1.84 bits per heavy atom. The largest absolute Gasteiger partial charge is 0.317 e. The van der Waals surface area contributed by atoms with Crippen molar-refractivity contribution >= 4 is 9.84 Å². The van der Waals surface area contributed by atoms with Gasteiger partial charge in [0, 0.05) is 18.2 Å². The van der Waals surface area contributed by atoms with E-state index in [9.17, 15) is 8.42 Å². The number of imidazole rings is 1. The summed E-state index contributed by atoms with van der Waals surface area (Å²) in [5.74, 6) is -0.0925. The first-order chi connectivity index (χ1) is 15.2. The maximum absolute atomic E-state index is 13.4. The number of aromatic nitrogens is 2. The highest BCUT2D eigenvalue weighted by atomic mass is 32.2. The van der Waals surface area contributed by atoms with Gasteiger partial charge in [-0.05, 0) is 16.5 Å². The van der Waals surface area contributed by atoms with E-state index in [1.54, 1.807) is 11.6 Å². The van der Waals surface area contributed by atoms with E-state index in [2.05, 4.69) is 25.8 Å². The van der Waals surface area contributed by atoms with E-state index in [1.807, 2.05) is 84.9 Å². The van der Waals surface area contributed by atoms with E-state index in [-0.39, 0.29) is 16.3 Å². The molecule has 5 heteroatoms. The third-order valence-corrected chi connectivity index (χ3v) is 7.24. The number of benzene rings is 3. The molecule has 0 amide bonds. The number of sulfone groups is 1. The number of nitrogens with zero attached hydrogens (tertiary/aromatic N) is 2. The van der Waals surface area contributed by atoms with Crippen LogP contribution in [0.5, 0.6) is 0 Å². The molecule has 0 radical (unpaired) electrons. The molecular formula is C27H28N2O2S. The van der Waals surface area contributed by atoms with Gasteiger partial charge in [-0.15, -0.1) is 0 Å². The monoisotopic (exact) mass is 444 g/mol. The van der Waals surface area contributed by atoms with Crippen molar-refractivity contribution in [1.82, 2.24) is 9.55 Å². The second-order valence-electron chi connectivity index (χ2n) is 9.09. The smallest absolute Gasteiger partial charge is 0.228 e. The predicted octanol–water partition coefficient (Wildman–Crippen LogP) is 6.03. The molecule has 0 atom stereocenters. The summed E-state index contributed by atoms with van der Waals surface area (Å²) in [5, 5.41) is 0.0788. The highest BCUT2D eigenvalue weighted by Gasteiger charge is 2.27. The topological polar surface area (TPSA) is 52.0 Å². The summed E-state index contributed by atoms with van der Waals surface area (Å²) in [6, 6.07) is 27.3. The summed E-state index contributed by atoms with van der Waals surface area (Å²) in [4.78, 5) is 4.66. The van der Waals surface area contributed by atoms with Gasteiger partial charge >= 0.3 is 0 Å². The summed E-state index contributed by atoms with van der Waals surface area (Å²) in [6.45, 7) is 6.43. The first-order valence-corrected chi connectivity index (χ1v) is 12.3. The van der Waals surface area contributed by atoms with Crippen LogP contribution in [0.2, 0.25) is 0 Å². The fourth-order valence-corrected chi connectivity index (χ4v) is 5.36. The minimum absolute atomic E-state index is 0.0201. The van der Waals surface area contributed by atoms with Gasteiger partial charge in [0.25, 0.3) is 0 Å². The molecule has 0 saturated heterocycles. The molecule has 3 aromatic carbocycles. The molecule has 32 heavy (non-hydrogen) atoms. The van der Waals surface area contributed by atoms with Crippen LogP contribution in [0.3, 0.4) is 0 Å². The molecule has 0 saturated carbocycles. The van der Waals surface area contributed by atoms with Gasteiger partial charge in [-0.1, -0.05) is 106 Å². The van der Waals surface area contributed by atoms with Crippen molar-refractivity contribution in [2.24, 2.45) is 7.05 Å². The van der Waals surface area contributed by atoms with Crippen molar-refractivity contribution in [3.05, 3.63) is 96.1 Å². The quantitative estimate of drug-likeness (QED) is 0.378. The SMILES string of the molecule is Cn1c(S(=O)(=O)Cc2ccc(C(C)(C)C)cc2)nc(-c2ccccc2)c1-c1ccccc1. The van der Waals surface area contributed by atoms with Crippen molar-refractivity contribution in [3.63, 3.8) is 0 Å². The average Bonchev–Trinajstić information content (AvgIpc) is 3.12. The lowest BCUT2D eigenvalue weighted by Crippen LogP contribution is -2.13. The first-order valence-electron chi connectivity index (χ1n) is 10.7. The molecule has 1 aromatic heterocycles. The lowest BCUT2D eigenvalue weighted by atomic mass is 9.87. The van der Waals surface area contributed by atoms with E-state index in [0.717, 1.165) is 22.4 Å². The van der Waals surface area contributed by atoms with Crippen molar-refractivity contribution < 1.29 is 8.42 Å². The minimum Gasteiger partial charge on any atom is -0.317 e. The molecule has 1 heterocycles. The molecule has 0 aliphatic heterocycles. The third-order valence-electron chi connectivity index (χ3n) is 5.60. The molecule has 0 N–H and O–H groups in total. The van der Waals surface area contributed by atoms with Crippen molar-refractivity contribution in [2.45, 2.75) is 37.1 Å². The Labute approximate surface area is 190 Å². The third kappa shape index (κ3) is 4.39. The van der Waals surface area contributed by atoms with Crippen LogP contribution in [0.4, 0.5) is 0 Å². The lowest BCUT2D eigenvalue weighted by molar-refractivity contribution is 0.578. The highest BCUT2D eigenvalue weighted by Crippen LogP contribution is 2.34. The van der Waals surface area contributed by atoms with Crippen LogP contribution in [0, 0.1) is 0 Å². The number of rotatable bonds is 5. The second kappa shape index (κ2) is 8.40. The maximum Gasteiger partial charge on any atom is 0.228 e. The molecule has 0 unspecified atom stereocenters. The van der Waals surface area contributed by atoms with Gasteiger partial charge in [-0.25, -0.2) is 13.4 Å². The zero-order valence-corrected chi connectivity index (χ0v) is 19.7. The van der Waals surface area contributed by atoms with E-state index in [1.165, 1.54) is 5.56 Å². The van der Waals surface area contributed by atoms with E-state index >= 15 is 0 Å². The van der Waals surface area contributed by atoms with Crippen LogP contribution < -0.4 is 0 Å². The van der Waals surface area contributed by atoms with Crippen LogP contribution in [0.25, 0.3) is 22.5 Å². The Hall–Kier alpha value is -3.18. The summed E-state index contributed by atoms with van der Waals surface area (Å²) >= 11 is 0. The van der Waals surface area contributed by atoms with Crippen LogP contribution in [-0.2, 0) is 28.1 Å². The maximum atomic E-state index is 13.4. The summed E-state index contributed by atoms with van der Waals surface area (Å²) in [7, 11) is -1.88. The van der Waals surface area contributed by atoms with Crippen LogP contribution >= 0.6 is 0 Å². The first kappa shape index (κ1) is 22.0. The van der Waals surface area contributed by atoms with E-state index in [0.29, 0.717) is 5.69 Å². The van der Waals surface area contributed by atoms with Crippen molar-refractivity contribution in [3.8, 4) is 22.5 Å². The molecule has 0 spiro atoms. The molecule has 0 aliphatic carbocycles. The zero-order chi connectivity index (χ0) is 22.9. The Morgan fingerprint density at radius 2 is 1.31 bits per heavy atom. The van der Waals surface area contributed by atoms with Crippen molar-refractivity contribution in [2.75, 3.05) is 0 Å². The van der Waals surface area contributed by atoms with Crippen molar-refractivity contribution in [1.29, 1.82) is 0 Å².